The molecule has 2 heterocycles. The van der Waals surface area contributed by atoms with Gasteiger partial charge in [-0.1, -0.05) is 19.3 Å². The Kier molecular flexibility index (Phi) is 6.29. The number of hydrogen-bond donors (Lipinski definition) is 0. The molecule has 2 aromatic heterocycles. The molecule has 0 saturated heterocycles. The highest BCUT2D eigenvalue weighted by Crippen LogP contribution is 2.30. The van der Waals surface area contributed by atoms with Crippen molar-refractivity contribution < 1.29 is 4.79 Å². The lowest BCUT2D eigenvalue weighted by atomic mass is 10.0. The van der Waals surface area contributed by atoms with Gasteiger partial charge in [-0.2, -0.15) is 27.1 Å². The van der Waals surface area contributed by atoms with Gasteiger partial charge in [-0.05, 0) is 32.8 Å². The molecule has 2 aromatic rings. The van der Waals surface area contributed by atoms with E-state index in [2.05, 4.69) is 34.0 Å². The number of hydrogen-bond acceptors (Lipinski definition) is 5. The topological polar surface area (TPSA) is 63.9 Å². The Bertz CT molecular complexity index is 727. The van der Waals surface area contributed by atoms with Crippen LogP contribution in [0.1, 0.15) is 61.1 Å². The third-order valence-electron chi connectivity index (χ3n) is 5.08. The van der Waals surface area contributed by atoms with Gasteiger partial charge in [-0.15, -0.1) is 0 Å². The number of carbonyl (C=O) groups excluding carboxylic acids is 1. The average Bonchev–Trinajstić information content (AvgIpc) is 3.08. The minimum atomic E-state index is -0.0751. The van der Waals surface area contributed by atoms with Crippen molar-refractivity contribution in [2.24, 2.45) is 0 Å². The molecule has 0 aliphatic heterocycles. The first-order valence-corrected chi connectivity index (χ1v) is 10.3. The molecular weight excluding hydrogens is 346 g/mol. The number of amides is 1. The van der Waals surface area contributed by atoms with Crippen LogP contribution in [0.15, 0.2) is 24.7 Å². The molecule has 1 aliphatic carbocycles. The molecule has 1 aliphatic rings. The Balaban J connectivity index is 1.65. The summed E-state index contributed by atoms with van der Waals surface area (Å²) in [6.45, 7) is 4.15. The zero-order chi connectivity index (χ0) is 18.5. The zero-order valence-corrected chi connectivity index (χ0v) is 16.6. The summed E-state index contributed by atoms with van der Waals surface area (Å²) in [5, 5.41) is 12.9. The molecule has 1 atom stereocenters. The highest BCUT2D eigenvalue weighted by molar-refractivity contribution is 7.99. The monoisotopic (exact) mass is 373 g/mol. The summed E-state index contributed by atoms with van der Waals surface area (Å²) < 4.78 is 1.99. The van der Waals surface area contributed by atoms with Gasteiger partial charge in [0.1, 0.15) is 0 Å². The van der Waals surface area contributed by atoms with Crippen molar-refractivity contribution in [3.63, 3.8) is 0 Å². The lowest BCUT2D eigenvalue weighted by molar-refractivity contribution is 0.0992. The molecule has 1 amide bonds. The smallest absolute Gasteiger partial charge is 0.261 e. The van der Waals surface area contributed by atoms with Crippen molar-refractivity contribution in [3.8, 4) is 0 Å². The van der Waals surface area contributed by atoms with E-state index in [4.69, 9.17) is 0 Å². The van der Waals surface area contributed by atoms with Crippen LogP contribution in [-0.2, 0) is 0 Å². The van der Waals surface area contributed by atoms with Crippen molar-refractivity contribution in [3.05, 3.63) is 35.9 Å². The van der Waals surface area contributed by atoms with Gasteiger partial charge in [0.15, 0.2) is 0 Å². The molecule has 0 bridgehead atoms. The number of aromatic nitrogens is 4. The molecule has 3 rings (SSSR count). The largest absolute Gasteiger partial charge is 0.310 e. The van der Waals surface area contributed by atoms with E-state index in [1.807, 2.05) is 11.6 Å². The fraction of sp³-hybridized carbons (Fsp3) is 0.579. The standard InChI is InChI=1S/C19H27N5OS/c1-14(13-26-17-7-5-4-6-8-17)24-15(2)18(12-22-24)19(25)23(3)16-9-10-20-21-11-16/h9-12,14,17H,4-8,13H2,1-3H3. The van der Waals surface area contributed by atoms with E-state index >= 15 is 0 Å². The quantitative estimate of drug-likeness (QED) is 0.769. The predicted octanol–water partition coefficient (Wildman–Crippen LogP) is 3.89. The number of carbonyl (C=O) groups is 1. The second-order valence-corrected chi connectivity index (χ2v) is 8.33. The van der Waals surface area contributed by atoms with Gasteiger partial charge in [0.2, 0.25) is 0 Å². The molecule has 0 radical (unpaired) electrons. The van der Waals surface area contributed by atoms with Crippen LogP contribution in [0.4, 0.5) is 5.69 Å². The lowest BCUT2D eigenvalue weighted by Crippen LogP contribution is -2.27. The highest BCUT2D eigenvalue weighted by Gasteiger charge is 2.22. The molecule has 0 N–H and O–H groups in total. The van der Waals surface area contributed by atoms with E-state index < -0.39 is 0 Å². The summed E-state index contributed by atoms with van der Waals surface area (Å²) in [6.07, 6.45) is 11.6. The summed E-state index contributed by atoms with van der Waals surface area (Å²) in [6, 6.07) is 2.05. The van der Waals surface area contributed by atoms with Crippen molar-refractivity contribution in [1.29, 1.82) is 0 Å². The van der Waals surface area contributed by atoms with Gasteiger partial charge in [0.05, 0.1) is 35.9 Å². The van der Waals surface area contributed by atoms with Crippen LogP contribution in [0.25, 0.3) is 0 Å². The first kappa shape index (κ1) is 18.9. The summed E-state index contributed by atoms with van der Waals surface area (Å²) in [5.74, 6) is 0.958. The van der Waals surface area contributed by atoms with E-state index in [1.165, 1.54) is 32.1 Å². The van der Waals surface area contributed by atoms with E-state index in [-0.39, 0.29) is 11.9 Å². The van der Waals surface area contributed by atoms with Gasteiger partial charge < -0.3 is 4.90 Å². The zero-order valence-electron chi connectivity index (χ0n) is 15.8. The van der Waals surface area contributed by atoms with Crippen LogP contribution in [0.2, 0.25) is 0 Å². The van der Waals surface area contributed by atoms with Gasteiger partial charge in [0.25, 0.3) is 5.91 Å². The molecule has 26 heavy (non-hydrogen) atoms. The molecule has 140 valence electrons. The summed E-state index contributed by atoms with van der Waals surface area (Å²) in [7, 11) is 1.75. The van der Waals surface area contributed by atoms with Gasteiger partial charge in [-0.25, -0.2) is 0 Å². The molecule has 1 fully saturated rings. The Labute approximate surface area is 159 Å². The molecule has 0 aromatic carbocycles. The van der Waals surface area contributed by atoms with Gasteiger partial charge in [0, 0.05) is 23.7 Å². The first-order chi connectivity index (χ1) is 12.6. The SMILES string of the molecule is Cc1c(C(=O)N(C)c2ccnnc2)cnn1C(C)CSC1CCCCC1. The van der Waals surface area contributed by atoms with Crippen LogP contribution >= 0.6 is 11.8 Å². The second-order valence-electron chi connectivity index (χ2n) is 7.00. The fourth-order valence-corrected chi connectivity index (χ4v) is 4.79. The van der Waals surface area contributed by atoms with Crippen molar-refractivity contribution in [2.45, 2.75) is 57.2 Å². The Hall–Kier alpha value is -1.89. The van der Waals surface area contributed by atoms with Crippen LogP contribution < -0.4 is 4.90 Å². The van der Waals surface area contributed by atoms with E-state index in [1.54, 1.807) is 36.6 Å². The minimum Gasteiger partial charge on any atom is -0.310 e. The summed E-state index contributed by atoms with van der Waals surface area (Å²) in [4.78, 5) is 14.4. The Morgan fingerprint density at radius 1 is 1.31 bits per heavy atom. The van der Waals surface area contributed by atoms with Crippen molar-refractivity contribution in [1.82, 2.24) is 20.0 Å². The molecule has 1 unspecified atom stereocenters. The Morgan fingerprint density at radius 2 is 2.08 bits per heavy atom. The maximum atomic E-state index is 12.8. The normalized spacial score (nSPS) is 16.4. The summed E-state index contributed by atoms with van der Waals surface area (Å²) >= 11 is 2.06. The van der Waals surface area contributed by atoms with Gasteiger partial charge in [-0.3, -0.25) is 9.48 Å². The predicted molar refractivity (Wildman–Crippen MR) is 106 cm³/mol. The molecule has 7 heteroatoms. The minimum absolute atomic E-state index is 0.0751. The van der Waals surface area contributed by atoms with Crippen LogP contribution in [0, 0.1) is 6.92 Å². The van der Waals surface area contributed by atoms with Crippen molar-refractivity contribution >= 4 is 23.4 Å². The third-order valence-corrected chi connectivity index (χ3v) is 6.70. The second kappa shape index (κ2) is 8.66. The molecule has 1 saturated carbocycles. The van der Waals surface area contributed by atoms with E-state index in [9.17, 15) is 4.79 Å². The number of rotatable bonds is 6. The number of thioether (sulfide) groups is 1. The molecular formula is C19H27N5OS. The van der Waals surface area contributed by atoms with E-state index in [0.29, 0.717) is 5.56 Å². The highest BCUT2D eigenvalue weighted by atomic mass is 32.2. The Morgan fingerprint density at radius 3 is 2.77 bits per heavy atom. The molecule has 0 spiro atoms. The first-order valence-electron chi connectivity index (χ1n) is 9.28. The maximum Gasteiger partial charge on any atom is 0.261 e. The third kappa shape index (κ3) is 4.26. The number of nitrogens with zero attached hydrogens (tertiary/aromatic N) is 5. The molecule has 6 nitrogen and oxygen atoms in total. The van der Waals surface area contributed by atoms with Gasteiger partial charge >= 0.3 is 0 Å². The van der Waals surface area contributed by atoms with Crippen LogP contribution in [-0.4, -0.2) is 43.9 Å². The van der Waals surface area contributed by atoms with Crippen molar-refractivity contribution in [2.75, 3.05) is 17.7 Å². The average molecular weight is 374 g/mol. The van der Waals surface area contributed by atoms with Crippen LogP contribution in [0.3, 0.4) is 0 Å². The maximum absolute atomic E-state index is 12.8. The van der Waals surface area contributed by atoms with Crippen LogP contribution in [0.5, 0.6) is 0 Å². The summed E-state index contributed by atoms with van der Waals surface area (Å²) in [5.41, 5.74) is 2.28. The number of anilines is 1. The fourth-order valence-electron chi connectivity index (χ4n) is 3.44. The van der Waals surface area contributed by atoms with E-state index in [0.717, 1.165) is 22.4 Å². The lowest BCUT2D eigenvalue weighted by Gasteiger charge is -2.23.